The van der Waals surface area contributed by atoms with Gasteiger partial charge in [-0.15, -0.1) is 5.10 Å². The molecule has 1 aromatic heterocycles. The first-order chi connectivity index (χ1) is 7.27. The minimum absolute atomic E-state index is 0.145. The third-order valence-electron chi connectivity index (χ3n) is 2.40. The van der Waals surface area contributed by atoms with Crippen molar-refractivity contribution >= 4 is 11.8 Å². The summed E-state index contributed by atoms with van der Waals surface area (Å²) in [5.41, 5.74) is -0.145. The fourth-order valence-corrected chi connectivity index (χ4v) is 2.15. The maximum Gasteiger partial charge on any atom is 0.343 e. The monoisotopic (exact) mass is 228 g/mol. The molecule has 1 aliphatic rings. The van der Waals surface area contributed by atoms with Crippen LogP contribution in [0.4, 0.5) is 0 Å². The first kappa shape index (κ1) is 10.8. The predicted octanol–water partition coefficient (Wildman–Crippen LogP) is 0.343. The average molecular weight is 228 g/mol. The van der Waals surface area contributed by atoms with Gasteiger partial charge < -0.3 is 5.32 Å². The number of aromatic amines is 1. The van der Waals surface area contributed by atoms with Gasteiger partial charge in [0.2, 0.25) is 0 Å². The van der Waals surface area contributed by atoms with E-state index in [-0.39, 0.29) is 5.69 Å². The second-order valence-electron chi connectivity index (χ2n) is 3.80. The topological polar surface area (TPSA) is 62.7 Å². The first-order valence-electron chi connectivity index (χ1n) is 5.25. The van der Waals surface area contributed by atoms with Crippen LogP contribution >= 0.6 is 11.8 Å². The minimum Gasteiger partial charge on any atom is -0.314 e. The van der Waals surface area contributed by atoms with E-state index in [1.165, 1.54) is 12.8 Å². The standard InChI is InChI=1S/C9H16N4OS/c1-13-8(14)11-12-9(13)15-6-2-5-10-7-3-4-7/h7,10H,2-6H2,1H3,(H,11,14). The molecule has 1 aliphatic carbocycles. The molecule has 1 fully saturated rings. The molecule has 6 heteroatoms. The highest BCUT2D eigenvalue weighted by Gasteiger charge is 2.19. The van der Waals surface area contributed by atoms with Crippen LogP contribution in [0.5, 0.6) is 0 Å². The summed E-state index contributed by atoms with van der Waals surface area (Å²) in [5.74, 6) is 0.998. The van der Waals surface area contributed by atoms with Crippen molar-refractivity contribution in [2.24, 2.45) is 7.05 Å². The molecule has 0 unspecified atom stereocenters. The lowest BCUT2D eigenvalue weighted by Gasteiger charge is -2.01. The Bertz CT molecular complexity index is 368. The number of rotatable bonds is 6. The second kappa shape index (κ2) is 4.85. The number of nitrogens with zero attached hydrogens (tertiary/aromatic N) is 2. The Kier molecular flexibility index (Phi) is 3.48. The summed E-state index contributed by atoms with van der Waals surface area (Å²) in [6.07, 6.45) is 3.78. The van der Waals surface area contributed by atoms with Gasteiger partial charge in [0.15, 0.2) is 5.16 Å². The van der Waals surface area contributed by atoms with Crippen molar-refractivity contribution in [3.63, 3.8) is 0 Å². The van der Waals surface area contributed by atoms with Crippen molar-refractivity contribution in [1.29, 1.82) is 0 Å². The molecule has 84 valence electrons. The van der Waals surface area contributed by atoms with Crippen LogP contribution in [-0.2, 0) is 7.05 Å². The zero-order chi connectivity index (χ0) is 10.7. The van der Waals surface area contributed by atoms with E-state index < -0.39 is 0 Å². The smallest absolute Gasteiger partial charge is 0.314 e. The van der Waals surface area contributed by atoms with Gasteiger partial charge in [0, 0.05) is 18.8 Å². The number of H-pyrrole nitrogens is 1. The van der Waals surface area contributed by atoms with E-state index in [1.807, 2.05) is 0 Å². The van der Waals surface area contributed by atoms with E-state index >= 15 is 0 Å². The van der Waals surface area contributed by atoms with Crippen LogP contribution in [-0.4, -0.2) is 33.1 Å². The van der Waals surface area contributed by atoms with Gasteiger partial charge in [0.05, 0.1) is 0 Å². The molecule has 0 aliphatic heterocycles. The van der Waals surface area contributed by atoms with E-state index in [2.05, 4.69) is 15.5 Å². The number of nitrogens with one attached hydrogen (secondary N) is 2. The molecule has 0 saturated heterocycles. The summed E-state index contributed by atoms with van der Waals surface area (Å²) in [6, 6.07) is 0.782. The van der Waals surface area contributed by atoms with Gasteiger partial charge in [-0.05, 0) is 25.8 Å². The Balaban J connectivity index is 1.64. The molecule has 0 spiro atoms. The zero-order valence-corrected chi connectivity index (χ0v) is 9.64. The SMILES string of the molecule is Cn1c(SCCCNC2CC2)n[nH]c1=O. The highest BCUT2D eigenvalue weighted by Crippen LogP contribution is 2.18. The summed E-state index contributed by atoms with van der Waals surface area (Å²) in [6.45, 7) is 1.07. The lowest BCUT2D eigenvalue weighted by Crippen LogP contribution is -2.18. The largest absolute Gasteiger partial charge is 0.343 e. The van der Waals surface area contributed by atoms with E-state index in [9.17, 15) is 4.79 Å². The molecule has 0 bridgehead atoms. The molecule has 5 nitrogen and oxygen atoms in total. The Morgan fingerprint density at radius 1 is 1.67 bits per heavy atom. The van der Waals surface area contributed by atoms with Crippen molar-refractivity contribution in [2.45, 2.75) is 30.5 Å². The Morgan fingerprint density at radius 2 is 2.47 bits per heavy atom. The van der Waals surface area contributed by atoms with Gasteiger partial charge in [-0.1, -0.05) is 11.8 Å². The molecular formula is C9H16N4OS. The van der Waals surface area contributed by atoms with Crippen LogP contribution in [0.25, 0.3) is 0 Å². The fraction of sp³-hybridized carbons (Fsp3) is 0.778. The van der Waals surface area contributed by atoms with Gasteiger partial charge in [-0.3, -0.25) is 4.57 Å². The lowest BCUT2D eigenvalue weighted by molar-refractivity contribution is 0.673. The van der Waals surface area contributed by atoms with Crippen LogP contribution in [0.3, 0.4) is 0 Å². The molecule has 1 aromatic rings. The van der Waals surface area contributed by atoms with Crippen LogP contribution < -0.4 is 11.0 Å². The van der Waals surface area contributed by atoms with E-state index in [1.54, 1.807) is 23.4 Å². The molecule has 1 saturated carbocycles. The molecule has 2 rings (SSSR count). The average Bonchev–Trinajstić information content (AvgIpc) is 2.99. The Hall–Kier alpha value is -0.750. The van der Waals surface area contributed by atoms with Gasteiger partial charge >= 0.3 is 5.69 Å². The quantitative estimate of drug-likeness (QED) is 0.544. The third-order valence-corrected chi connectivity index (χ3v) is 3.52. The first-order valence-corrected chi connectivity index (χ1v) is 6.23. The van der Waals surface area contributed by atoms with E-state index in [0.29, 0.717) is 0 Å². The van der Waals surface area contributed by atoms with Crippen molar-refractivity contribution < 1.29 is 0 Å². The van der Waals surface area contributed by atoms with Crippen LogP contribution in [0.1, 0.15) is 19.3 Å². The summed E-state index contributed by atoms with van der Waals surface area (Å²) in [7, 11) is 1.73. The maximum atomic E-state index is 11.0. The summed E-state index contributed by atoms with van der Waals surface area (Å²) in [4.78, 5) is 11.0. The van der Waals surface area contributed by atoms with Crippen molar-refractivity contribution in [2.75, 3.05) is 12.3 Å². The van der Waals surface area contributed by atoms with E-state index in [0.717, 1.165) is 29.9 Å². The van der Waals surface area contributed by atoms with Crippen LogP contribution in [0.2, 0.25) is 0 Å². The normalized spacial score (nSPS) is 15.8. The number of aromatic nitrogens is 3. The van der Waals surface area contributed by atoms with Gasteiger partial charge in [0.1, 0.15) is 0 Å². The summed E-state index contributed by atoms with van der Waals surface area (Å²) < 4.78 is 1.54. The number of hydrogen-bond donors (Lipinski definition) is 2. The highest BCUT2D eigenvalue weighted by atomic mass is 32.2. The van der Waals surface area contributed by atoms with Gasteiger partial charge in [-0.2, -0.15) is 0 Å². The fourth-order valence-electron chi connectivity index (χ4n) is 1.29. The molecule has 0 radical (unpaired) electrons. The molecular weight excluding hydrogens is 212 g/mol. The predicted molar refractivity (Wildman–Crippen MR) is 60.2 cm³/mol. The van der Waals surface area contributed by atoms with Crippen molar-refractivity contribution in [3.05, 3.63) is 10.5 Å². The summed E-state index contributed by atoms with van der Waals surface area (Å²) in [5, 5.41) is 10.6. The highest BCUT2D eigenvalue weighted by molar-refractivity contribution is 7.99. The molecule has 2 N–H and O–H groups in total. The van der Waals surface area contributed by atoms with E-state index in [4.69, 9.17) is 0 Å². The van der Waals surface area contributed by atoms with Crippen LogP contribution in [0, 0.1) is 0 Å². The van der Waals surface area contributed by atoms with Gasteiger partial charge in [-0.25, -0.2) is 9.89 Å². The number of hydrogen-bond acceptors (Lipinski definition) is 4. The van der Waals surface area contributed by atoms with Crippen molar-refractivity contribution in [1.82, 2.24) is 20.1 Å². The Morgan fingerprint density at radius 3 is 3.07 bits per heavy atom. The number of thioether (sulfide) groups is 1. The lowest BCUT2D eigenvalue weighted by atomic mass is 10.5. The molecule has 0 aromatic carbocycles. The van der Waals surface area contributed by atoms with Crippen LogP contribution in [0.15, 0.2) is 9.95 Å². The Labute approximate surface area is 92.6 Å². The maximum absolute atomic E-state index is 11.0. The molecule has 0 atom stereocenters. The molecule has 15 heavy (non-hydrogen) atoms. The molecule has 1 heterocycles. The molecule has 0 amide bonds. The van der Waals surface area contributed by atoms with Crippen molar-refractivity contribution in [3.8, 4) is 0 Å². The third kappa shape index (κ3) is 3.10. The second-order valence-corrected chi connectivity index (χ2v) is 4.86. The van der Waals surface area contributed by atoms with Gasteiger partial charge in [0.25, 0.3) is 0 Å². The summed E-state index contributed by atoms with van der Waals surface area (Å²) >= 11 is 1.62. The minimum atomic E-state index is -0.145. The zero-order valence-electron chi connectivity index (χ0n) is 8.82.